The van der Waals surface area contributed by atoms with Crippen molar-refractivity contribution in [2.75, 3.05) is 13.7 Å². The summed E-state index contributed by atoms with van der Waals surface area (Å²) in [6.45, 7) is 0.703. The van der Waals surface area contributed by atoms with Crippen LogP contribution in [0, 0.1) is 0 Å². The maximum Gasteiger partial charge on any atom is 0.119 e. The minimum Gasteiger partial charge on any atom is -0.497 e. The Hall–Kier alpha value is -0.670. The molecule has 0 aliphatic heterocycles. The fourth-order valence-electron chi connectivity index (χ4n) is 2.55. The summed E-state index contributed by atoms with van der Waals surface area (Å²) in [6.07, 6.45) is 6.87. The molecule has 0 aromatic heterocycles. The Morgan fingerprint density at radius 1 is 1.33 bits per heavy atom. The molecule has 3 heteroatoms. The summed E-state index contributed by atoms with van der Waals surface area (Å²) in [5, 5.41) is 1.20. The van der Waals surface area contributed by atoms with Crippen molar-refractivity contribution in [1.82, 2.24) is 0 Å². The lowest BCUT2D eigenvalue weighted by Gasteiger charge is -2.26. The monoisotopic (exact) mass is 265 g/mol. The highest BCUT2D eigenvalue weighted by molar-refractivity contribution is 8.00. The van der Waals surface area contributed by atoms with Crippen LogP contribution in [0.25, 0.3) is 0 Å². The summed E-state index contributed by atoms with van der Waals surface area (Å²) in [5.41, 5.74) is 7.25. The zero-order chi connectivity index (χ0) is 12.8. The van der Waals surface area contributed by atoms with Crippen LogP contribution in [-0.4, -0.2) is 18.9 Å². The average molecular weight is 265 g/mol. The van der Waals surface area contributed by atoms with E-state index in [0.717, 1.165) is 11.0 Å². The predicted octanol–water partition coefficient (Wildman–Crippen LogP) is 3.76. The van der Waals surface area contributed by atoms with Gasteiger partial charge in [-0.1, -0.05) is 31.4 Å². The lowest BCUT2D eigenvalue weighted by Crippen LogP contribution is -2.16. The lowest BCUT2D eigenvalue weighted by molar-refractivity contribution is 0.414. The Kier molecular flexibility index (Phi) is 5.39. The highest BCUT2D eigenvalue weighted by atomic mass is 32.2. The SMILES string of the molecule is COc1cccc(C(CN)SC2CCCCC2)c1. The van der Waals surface area contributed by atoms with Crippen molar-refractivity contribution in [3.8, 4) is 5.75 Å². The quantitative estimate of drug-likeness (QED) is 0.880. The number of hydrogen-bond acceptors (Lipinski definition) is 3. The van der Waals surface area contributed by atoms with Gasteiger partial charge in [0, 0.05) is 17.0 Å². The molecule has 2 N–H and O–H groups in total. The van der Waals surface area contributed by atoms with Gasteiger partial charge in [-0.2, -0.15) is 0 Å². The molecular formula is C15H23NOS. The van der Waals surface area contributed by atoms with E-state index in [-0.39, 0.29) is 0 Å². The maximum absolute atomic E-state index is 5.95. The van der Waals surface area contributed by atoms with Crippen LogP contribution in [-0.2, 0) is 0 Å². The van der Waals surface area contributed by atoms with Crippen molar-refractivity contribution in [2.24, 2.45) is 5.73 Å². The second-order valence-electron chi connectivity index (χ2n) is 4.90. The Labute approximate surface area is 114 Å². The van der Waals surface area contributed by atoms with Gasteiger partial charge in [0.15, 0.2) is 0 Å². The minimum atomic E-state index is 0.406. The molecule has 1 aromatic rings. The van der Waals surface area contributed by atoms with Crippen LogP contribution < -0.4 is 10.5 Å². The molecule has 1 aliphatic carbocycles. The van der Waals surface area contributed by atoms with Gasteiger partial charge in [0.2, 0.25) is 0 Å². The number of hydrogen-bond donors (Lipinski definition) is 1. The third-order valence-electron chi connectivity index (χ3n) is 3.59. The molecule has 1 unspecified atom stereocenters. The van der Waals surface area contributed by atoms with Crippen LogP contribution in [0.2, 0.25) is 0 Å². The molecule has 0 heterocycles. The first-order valence-electron chi connectivity index (χ1n) is 6.83. The van der Waals surface area contributed by atoms with Crippen molar-refractivity contribution in [2.45, 2.75) is 42.6 Å². The number of thioether (sulfide) groups is 1. The first-order chi connectivity index (χ1) is 8.83. The van der Waals surface area contributed by atoms with Crippen LogP contribution in [0.4, 0.5) is 0 Å². The van der Waals surface area contributed by atoms with Crippen molar-refractivity contribution < 1.29 is 4.74 Å². The highest BCUT2D eigenvalue weighted by Crippen LogP contribution is 2.38. The molecule has 0 radical (unpaired) electrons. The van der Waals surface area contributed by atoms with E-state index in [1.54, 1.807) is 7.11 Å². The standard InChI is InChI=1S/C15H23NOS/c1-17-13-7-5-6-12(10-13)15(11-16)18-14-8-3-2-4-9-14/h5-7,10,14-15H,2-4,8-9,11,16H2,1H3. The highest BCUT2D eigenvalue weighted by Gasteiger charge is 2.20. The first kappa shape index (κ1) is 13.8. The van der Waals surface area contributed by atoms with Gasteiger partial charge in [0.1, 0.15) is 5.75 Å². The number of nitrogens with two attached hydrogens (primary N) is 1. The van der Waals surface area contributed by atoms with E-state index < -0.39 is 0 Å². The second-order valence-corrected chi connectivity index (χ2v) is 6.40. The molecular weight excluding hydrogens is 242 g/mol. The van der Waals surface area contributed by atoms with Crippen LogP contribution in [0.5, 0.6) is 5.75 Å². The fourth-order valence-corrected chi connectivity index (χ4v) is 4.03. The maximum atomic E-state index is 5.95. The Balaban J connectivity index is 2.02. The molecule has 1 saturated carbocycles. The first-order valence-corrected chi connectivity index (χ1v) is 7.77. The van der Waals surface area contributed by atoms with Crippen molar-refractivity contribution in [1.29, 1.82) is 0 Å². The Morgan fingerprint density at radius 2 is 2.11 bits per heavy atom. The van der Waals surface area contributed by atoms with E-state index in [1.807, 2.05) is 6.07 Å². The van der Waals surface area contributed by atoms with E-state index in [0.29, 0.717) is 11.8 Å². The smallest absolute Gasteiger partial charge is 0.119 e. The fraction of sp³-hybridized carbons (Fsp3) is 0.600. The van der Waals surface area contributed by atoms with Gasteiger partial charge >= 0.3 is 0 Å². The molecule has 1 atom stereocenters. The lowest BCUT2D eigenvalue weighted by atomic mass is 10.0. The molecule has 2 rings (SSSR count). The third-order valence-corrected chi connectivity index (χ3v) is 5.24. The van der Waals surface area contributed by atoms with Gasteiger partial charge in [-0.15, -0.1) is 11.8 Å². The van der Waals surface area contributed by atoms with Crippen molar-refractivity contribution in [3.05, 3.63) is 29.8 Å². The molecule has 1 aromatic carbocycles. The number of benzene rings is 1. The average Bonchev–Trinajstić information content (AvgIpc) is 2.46. The topological polar surface area (TPSA) is 35.2 Å². The summed E-state index contributed by atoms with van der Waals surface area (Å²) in [7, 11) is 1.71. The molecule has 2 nitrogen and oxygen atoms in total. The molecule has 0 bridgehead atoms. The van der Waals surface area contributed by atoms with Crippen molar-refractivity contribution >= 4 is 11.8 Å². The Morgan fingerprint density at radius 3 is 2.78 bits per heavy atom. The van der Waals surface area contributed by atoms with E-state index in [1.165, 1.54) is 37.7 Å². The molecule has 0 amide bonds. The van der Waals surface area contributed by atoms with Gasteiger partial charge in [0.05, 0.1) is 7.11 Å². The van der Waals surface area contributed by atoms with E-state index >= 15 is 0 Å². The molecule has 18 heavy (non-hydrogen) atoms. The number of methoxy groups -OCH3 is 1. The van der Waals surface area contributed by atoms with Gasteiger partial charge in [-0.25, -0.2) is 0 Å². The zero-order valence-electron chi connectivity index (χ0n) is 11.1. The van der Waals surface area contributed by atoms with Gasteiger partial charge in [-0.05, 0) is 30.5 Å². The largest absolute Gasteiger partial charge is 0.497 e. The molecule has 100 valence electrons. The van der Waals surface area contributed by atoms with Crippen LogP contribution >= 0.6 is 11.8 Å². The normalized spacial score (nSPS) is 18.6. The Bertz CT molecular complexity index is 363. The number of rotatable bonds is 5. The van der Waals surface area contributed by atoms with Crippen LogP contribution in [0.15, 0.2) is 24.3 Å². The van der Waals surface area contributed by atoms with Crippen LogP contribution in [0.1, 0.15) is 42.9 Å². The molecule has 1 fully saturated rings. The number of ether oxygens (including phenoxy) is 1. The van der Waals surface area contributed by atoms with E-state index in [4.69, 9.17) is 10.5 Å². The molecule has 1 aliphatic rings. The van der Waals surface area contributed by atoms with E-state index in [9.17, 15) is 0 Å². The molecule has 0 spiro atoms. The van der Waals surface area contributed by atoms with Crippen LogP contribution in [0.3, 0.4) is 0 Å². The summed E-state index contributed by atoms with van der Waals surface area (Å²) in [4.78, 5) is 0. The van der Waals surface area contributed by atoms with E-state index in [2.05, 4.69) is 30.0 Å². The summed E-state index contributed by atoms with van der Waals surface area (Å²) in [5.74, 6) is 0.926. The zero-order valence-corrected chi connectivity index (χ0v) is 11.9. The van der Waals surface area contributed by atoms with Crippen molar-refractivity contribution in [3.63, 3.8) is 0 Å². The van der Waals surface area contributed by atoms with Gasteiger partial charge in [-0.3, -0.25) is 0 Å². The molecule has 0 saturated heterocycles. The predicted molar refractivity (Wildman–Crippen MR) is 79.3 cm³/mol. The second kappa shape index (κ2) is 7.05. The summed E-state index contributed by atoms with van der Waals surface area (Å²) in [6, 6.07) is 8.32. The third kappa shape index (κ3) is 3.66. The van der Waals surface area contributed by atoms with Gasteiger partial charge in [0.25, 0.3) is 0 Å². The summed E-state index contributed by atoms with van der Waals surface area (Å²) < 4.78 is 5.29. The van der Waals surface area contributed by atoms with Gasteiger partial charge < -0.3 is 10.5 Å². The summed E-state index contributed by atoms with van der Waals surface area (Å²) >= 11 is 2.06. The minimum absolute atomic E-state index is 0.406.